The molecule has 0 unspecified atom stereocenters. The average Bonchev–Trinajstić information content (AvgIpc) is 1.51. The number of benzene rings is 6. The fourth-order valence-electron chi connectivity index (χ4n) is 19.0. The van der Waals surface area contributed by atoms with E-state index in [4.69, 9.17) is 47.4 Å². The van der Waals surface area contributed by atoms with Crippen molar-refractivity contribution in [3.05, 3.63) is 160 Å². The molecule has 0 radical (unpaired) electrons. The summed E-state index contributed by atoms with van der Waals surface area (Å²) in [5, 5.41) is 1.02. The van der Waals surface area contributed by atoms with Gasteiger partial charge in [0.05, 0.1) is 132 Å². The molecule has 36 heteroatoms. The normalized spacial score (nSPS) is 13.9. The summed E-state index contributed by atoms with van der Waals surface area (Å²) >= 11 is 0. The van der Waals surface area contributed by atoms with Gasteiger partial charge in [-0.05, 0) is 123 Å². The number of carbonyl (C=O) groups is 6. The number of aromatic nitrogens is 3. The number of hydrogen-bond acceptors (Lipinski definition) is 25. The standard InChI is InChI=1S/C31H41N3O9S2Si.C30H39N3O7SSi.C29H37N3O5Si/c1-18(2)46(19(3)4,20(5)6)43-29-26-25(28(23-12-11-15-32-27(23)29)34(44(9,37)38)45(10,39)40)30(35)33(31(26)36)17-21-13-14-22(41-7)16-24(21)42-8;1-17(2)42(18(3)4,19(5)6)40-28-25-24(26(32-41(9,36)37)22-11-10-14-31-27(22)28)29(34)33(30(25)35)16-20-12-13-21(38-7)15-23(20)39-8;1-16(2)38(17(3)4,18(5)6)37-27-24-23(25(30)21-10-9-13-31-26(21)27)28(33)32(29(24)34)15-19-11-12-20(35-7)14-22(19)36-8/h11-16,18-20H,17H2,1-10H3;10-15,17-19,32H,16H2,1-9H3;9-14,16-18H,15,30H2,1-8H3. The molecule has 30 nitrogen and oxygen atoms in total. The van der Waals surface area contributed by atoms with Crippen LogP contribution in [0.15, 0.2) is 110 Å². The predicted octanol–water partition coefficient (Wildman–Crippen LogP) is 17.5. The molecule has 3 aliphatic heterocycles. The third kappa shape index (κ3) is 17.7. The number of amides is 6. The van der Waals surface area contributed by atoms with Gasteiger partial charge in [-0.3, -0.25) is 63.1 Å². The molecule has 3 aromatic heterocycles. The number of carbonyl (C=O) groups excluding carboxylic acids is 6. The Kier molecular flexibility index (Phi) is 29.0. The maximum Gasteiger partial charge on any atom is 0.265 e. The summed E-state index contributed by atoms with van der Waals surface area (Å²) in [5.41, 5.74) is 10.1. The van der Waals surface area contributed by atoms with Crippen LogP contribution < -0.4 is 55.9 Å². The molecule has 126 heavy (non-hydrogen) atoms. The number of ether oxygens (including phenoxy) is 6. The minimum atomic E-state index is -4.54. The quantitative estimate of drug-likeness (QED) is 0.0225. The Morgan fingerprint density at radius 2 is 0.635 bits per heavy atom. The Hall–Kier alpha value is -10.9. The second-order valence-electron chi connectivity index (χ2n) is 34.6. The summed E-state index contributed by atoms with van der Waals surface area (Å²) in [4.78, 5) is 102. The molecule has 0 fully saturated rings. The van der Waals surface area contributed by atoms with Crippen molar-refractivity contribution in [3.8, 4) is 51.7 Å². The molecular weight excluding hydrogens is 1720 g/mol. The van der Waals surface area contributed by atoms with Crippen LogP contribution >= 0.6 is 0 Å². The van der Waals surface area contributed by atoms with E-state index in [1.165, 1.54) is 58.8 Å². The summed E-state index contributed by atoms with van der Waals surface area (Å²) in [6.45, 7) is 37.8. The average molecular weight is 1840 g/mol. The van der Waals surface area contributed by atoms with Gasteiger partial charge < -0.3 is 47.4 Å². The second-order valence-corrected chi connectivity index (χ2v) is 56.3. The Balaban J connectivity index is 0.000000198. The van der Waals surface area contributed by atoms with E-state index in [9.17, 15) is 54.0 Å². The van der Waals surface area contributed by atoms with Crippen molar-refractivity contribution >= 4 is 140 Å². The van der Waals surface area contributed by atoms with Crippen LogP contribution in [0.2, 0.25) is 49.9 Å². The lowest BCUT2D eigenvalue weighted by molar-refractivity contribution is 0.0625. The molecule has 9 aromatic rings. The fourth-order valence-corrected chi connectivity index (χ4v) is 38.4. The van der Waals surface area contributed by atoms with Gasteiger partial charge in [-0.15, -0.1) is 0 Å². The monoisotopic (exact) mass is 1840 g/mol. The van der Waals surface area contributed by atoms with Crippen molar-refractivity contribution < 1.29 is 95.7 Å². The van der Waals surface area contributed by atoms with E-state index in [1.807, 2.05) is 6.07 Å². The molecule has 3 N–H and O–H groups in total. The number of sulfonamides is 3. The highest BCUT2D eigenvalue weighted by atomic mass is 32.3. The van der Waals surface area contributed by atoms with Gasteiger partial charge in [0.15, 0.2) is 0 Å². The highest BCUT2D eigenvalue weighted by molar-refractivity contribution is 8.09. The molecule has 0 aliphatic carbocycles. The summed E-state index contributed by atoms with van der Waals surface area (Å²) in [6, 6.07) is 25.2. The number of nitrogens with two attached hydrogens (primary N) is 1. The second kappa shape index (κ2) is 37.6. The zero-order valence-electron chi connectivity index (χ0n) is 76.7. The van der Waals surface area contributed by atoms with E-state index >= 15 is 0 Å². The highest BCUT2D eigenvalue weighted by Crippen LogP contribution is 2.55. The van der Waals surface area contributed by atoms with Crippen molar-refractivity contribution in [1.29, 1.82) is 0 Å². The zero-order valence-corrected chi connectivity index (χ0v) is 82.2. The van der Waals surface area contributed by atoms with Crippen molar-refractivity contribution in [3.63, 3.8) is 0 Å². The van der Waals surface area contributed by atoms with Gasteiger partial charge >= 0.3 is 0 Å². The lowest BCUT2D eigenvalue weighted by Crippen LogP contribution is -2.51. The summed E-state index contributed by atoms with van der Waals surface area (Å²) in [6.07, 6.45) is 7.12. The van der Waals surface area contributed by atoms with Gasteiger partial charge in [-0.2, -0.15) is 3.71 Å². The van der Waals surface area contributed by atoms with E-state index in [2.05, 4.69) is 144 Å². The molecule has 6 heterocycles. The molecule has 678 valence electrons. The van der Waals surface area contributed by atoms with Crippen molar-refractivity contribution in [2.45, 2.75) is 194 Å². The molecule has 3 aliphatic rings. The van der Waals surface area contributed by atoms with E-state index in [-0.39, 0.29) is 140 Å². The third-order valence-corrected chi connectivity index (χ3v) is 46.0. The first kappa shape index (κ1) is 97.3. The van der Waals surface area contributed by atoms with Gasteiger partial charge in [0.1, 0.15) is 68.3 Å². The smallest absolute Gasteiger partial charge is 0.265 e. The molecule has 12 rings (SSSR count). The van der Waals surface area contributed by atoms with Crippen molar-refractivity contribution in [1.82, 2.24) is 29.7 Å². The van der Waals surface area contributed by atoms with Gasteiger partial charge in [0.2, 0.25) is 30.1 Å². The molecular formula is C90H117N9O21S3Si3. The number of imide groups is 3. The van der Waals surface area contributed by atoms with Gasteiger partial charge in [-0.25, -0.2) is 25.3 Å². The predicted molar refractivity (Wildman–Crippen MR) is 497 cm³/mol. The van der Waals surface area contributed by atoms with Crippen LogP contribution in [-0.4, -0.2) is 177 Å². The Labute approximate surface area is 742 Å². The van der Waals surface area contributed by atoms with Crippen LogP contribution in [0.25, 0.3) is 32.7 Å². The number of anilines is 3. The van der Waals surface area contributed by atoms with Crippen molar-refractivity contribution in [2.24, 2.45) is 0 Å². The molecule has 0 spiro atoms. The number of methoxy groups -OCH3 is 6. The first-order valence-corrected chi connectivity index (χ1v) is 53.6. The molecule has 6 aromatic carbocycles. The third-order valence-electron chi connectivity index (χ3n) is 24.3. The number of nitrogens with zero attached hydrogens (tertiary/aromatic N) is 7. The van der Waals surface area contributed by atoms with Crippen LogP contribution in [0.5, 0.6) is 51.7 Å². The molecule has 0 atom stereocenters. The minimum absolute atomic E-state index is 0.0106. The number of rotatable bonds is 32. The Morgan fingerprint density at radius 1 is 0.365 bits per heavy atom. The summed E-state index contributed by atoms with van der Waals surface area (Å²) < 4.78 is 134. The highest BCUT2D eigenvalue weighted by Gasteiger charge is 2.55. The number of nitrogen functional groups attached to an aromatic ring is 1. The van der Waals surface area contributed by atoms with Gasteiger partial charge in [-0.1, -0.05) is 125 Å². The van der Waals surface area contributed by atoms with Crippen LogP contribution in [0.4, 0.5) is 17.1 Å². The number of fused-ring (bicyclic) bond motifs is 6. The SMILES string of the molecule is COc1ccc(CN2C(=O)c3c(c(O[Si](C(C)C)(C(C)C)C(C)C)c4ncccc4c3N(S(C)(=O)=O)S(C)(=O)=O)C2=O)c(OC)c1.COc1ccc(CN2C(=O)c3c(c(O[Si](C(C)C)(C(C)C)C(C)C)c4ncccc4c3N)C2=O)c(OC)c1.COc1ccc(CN2C(=O)c3c(c(O[Si](C(C)C)(C(C)C)C(C)C)c4ncccc4c3NS(C)(=O)=O)C2=O)c(OC)c1. The van der Waals surface area contributed by atoms with Crippen LogP contribution in [0.3, 0.4) is 0 Å². The lowest BCUT2D eigenvalue weighted by Gasteiger charge is -2.42. The van der Waals surface area contributed by atoms with Crippen molar-refractivity contribution in [2.75, 3.05) is 75.6 Å². The Bertz CT molecular complexity index is 6050. The molecule has 0 saturated carbocycles. The minimum Gasteiger partial charge on any atom is -0.541 e. The summed E-state index contributed by atoms with van der Waals surface area (Å²) in [7, 11) is -11.9. The Morgan fingerprint density at radius 3 is 0.937 bits per heavy atom. The first-order valence-electron chi connectivity index (χ1n) is 41.5. The number of nitrogens with one attached hydrogen (secondary N) is 1. The lowest BCUT2D eigenvalue weighted by atomic mass is 10.0. The van der Waals surface area contributed by atoms with Gasteiger partial charge in [0, 0.05) is 69.6 Å². The zero-order chi connectivity index (χ0) is 93.6. The largest absolute Gasteiger partial charge is 0.541 e. The molecule has 0 bridgehead atoms. The fraction of sp³-hybridized carbons (Fsp3) is 0.433. The van der Waals surface area contributed by atoms with E-state index < -0.39 is 96.2 Å². The van der Waals surface area contributed by atoms with Crippen LogP contribution in [0, 0.1) is 0 Å². The maximum atomic E-state index is 14.5. The van der Waals surface area contributed by atoms with E-state index in [0.717, 1.165) is 28.6 Å². The van der Waals surface area contributed by atoms with E-state index in [1.54, 1.807) is 92.3 Å². The van der Waals surface area contributed by atoms with E-state index in [0.29, 0.717) is 78.7 Å². The maximum absolute atomic E-state index is 14.5. The molecule has 0 saturated heterocycles. The summed E-state index contributed by atoms with van der Waals surface area (Å²) in [5.74, 6) is -0.184. The van der Waals surface area contributed by atoms with Crippen LogP contribution in [-0.2, 0) is 49.7 Å². The number of pyridine rings is 3. The van der Waals surface area contributed by atoms with Crippen LogP contribution in [0.1, 0.15) is 203 Å². The topological polar surface area (TPSA) is 378 Å². The molecule has 6 amide bonds. The number of hydrogen-bond donors (Lipinski definition) is 2. The van der Waals surface area contributed by atoms with Gasteiger partial charge in [0.25, 0.3) is 60.4 Å². The first-order chi connectivity index (χ1) is 59.0.